The number of para-hydroxylation sites is 1. The zero-order valence-electron chi connectivity index (χ0n) is 18.5. The number of nitrogens with zero attached hydrogens (tertiary/aromatic N) is 3. The van der Waals surface area contributed by atoms with Crippen LogP contribution in [0.2, 0.25) is 0 Å². The monoisotopic (exact) mass is 421 g/mol. The zero-order chi connectivity index (χ0) is 22.7. The van der Waals surface area contributed by atoms with Crippen molar-refractivity contribution in [1.29, 1.82) is 10.5 Å². The molecule has 4 aromatic rings. The van der Waals surface area contributed by atoms with Gasteiger partial charge in [0, 0.05) is 16.9 Å². The molecule has 0 atom stereocenters. The first-order valence-electron chi connectivity index (χ1n) is 11.1. The fourth-order valence-corrected chi connectivity index (χ4v) is 5.66. The van der Waals surface area contributed by atoms with E-state index in [1.165, 1.54) is 33.5 Å². The Morgan fingerprint density at radius 1 is 0.697 bits per heavy atom. The molecule has 0 fully saturated rings. The Labute approximate surface area is 194 Å². The van der Waals surface area contributed by atoms with Crippen molar-refractivity contribution in [2.24, 2.45) is 0 Å². The fourth-order valence-electron chi connectivity index (χ4n) is 5.66. The third-order valence-corrected chi connectivity index (χ3v) is 7.13. The molecular formula is C29H20BN3. The van der Waals surface area contributed by atoms with Gasteiger partial charge < -0.3 is 4.81 Å². The first-order chi connectivity index (χ1) is 16.0. The van der Waals surface area contributed by atoms with Gasteiger partial charge in [-0.05, 0) is 69.4 Å². The van der Waals surface area contributed by atoms with Crippen LogP contribution in [0.5, 0.6) is 0 Å². The van der Waals surface area contributed by atoms with Crippen molar-refractivity contribution in [2.75, 3.05) is 4.81 Å². The highest BCUT2D eigenvalue weighted by atomic mass is 15.1. The SMILES string of the molecule is CC1(C)B2c3ccccc3-c3ccccc3N2c2ccc(-c3cc(C#N)cc(C#N)c3)cc21. The van der Waals surface area contributed by atoms with Gasteiger partial charge in [0.25, 0.3) is 0 Å². The normalized spacial score (nSPS) is 14.4. The van der Waals surface area contributed by atoms with Crippen LogP contribution in [-0.4, -0.2) is 6.85 Å². The van der Waals surface area contributed by atoms with Gasteiger partial charge in [-0.25, -0.2) is 0 Å². The minimum atomic E-state index is -0.139. The van der Waals surface area contributed by atoms with E-state index in [0.717, 1.165) is 11.1 Å². The number of fused-ring (bicyclic) bond motifs is 8. The summed E-state index contributed by atoms with van der Waals surface area (Å²) >= 11 is 0. The molecule has 2 aliphatic rings. The quantitative estimate of drug-likeness (QED) is 0.357. The smallest absolute Gasteiger partial charge is 0.304 e. The highest BCUT2D eigenvalue weighted by Crippen LogP contribution is 2.52. The van der Waals surface area contributed by atoms with Gasteiger partial charge >= 0.3 is 6.85 Å². The topological polar surface area (TPSA) is 50.8 Å². The maximum absolute atomic E-state index is 9.43. The lowest BCUT2D eigenvalue weighted by Gasteiger charge is -2.38. The van der Waals surface area contributed by atoms with Crippen LogP contribution in [0.25, 0.3) is 22.3 Å². The van der Waals surface area contributed by atoms with Gasteiger partial charge in [0.1, 0.15) is 0 Å². The van der Waals surface area contributed by atoms with E-state index >= 15 is 0 Å². The summed E-state index contributed by atoms with van der Waals surface area (Å²) in [6.07, 6.45) is 0. The Balaban J connectivity index is 1.59. The summed E-state index contributed by atoms with van der Waals surface area (Å²) in [4.78, 5) is 2.49. The molecule has 4 heteroatoms. The van der Waals surface area contributed by atoms with Gasteiger partial charge in [-0.3, -0.25) is 0 Å². The van der Waals surface area contributed by atoms with Gasteiger partial charge in [-0.1, -0.05) is 62.4 Å². The molecule has 0 aromatic heterocycles. The van der Waals surface area contributed by atoms with Crippen molar-refractivity contribution in [1.82, 2.24) is 0 Å². The fraction of sp³-hybridized carbons (Fsp3) is 0.103. The summed E-state index contributed by atoms with van der Waals surface area (Å²) in [5, 5.41) is 18.7. The van der Waals surface area contributed by atoms with Gasteiger partial charge in [0.05, 0.1) is 23.3 Å². The van der Waals surface area contributed by atoms with Gasteiger partial charge in [0.2, 0.25) is 0 Å². The van der Waals surface area contributed by atoms with Crippen LogP contribution in [0.4, 0.5) is 11.4 Å². The summed E-state index contributed by atoms with van der Waals surface area (Å²) in [5.74, 6) is 0. The van der Waals surface area contributed by atoms with Crippen molar-refractivity contribution < 1.29 is 0 Å². The molecule has 0 saturated carbocycles. The number of benzene rings is 4. The van der Waals surface area contributed by atoms with Crippen LogP contribution in [0, 0.1) is 22.7 Å². The predicted octanol–water partition coefficient (Wildman–Crippen LogP) is 5.94. The van der Waals surface area contributed by atoms with Crippen molar-refractivity contribution in [3.05, 3.63) is 102 Å². The van der Waals surface area contributed by atoms with Crippen molar-refractivity contribution in [3.63, 3.8) is 0 Å². The van der Waals surface area contributed by atoms with Crippen LogP contribution in [-0.2, 0) is 5.31 Å². The molecule has 154 valence electrons. The van der Waals surface area contributed by atoms with E-state index in [0.29, 0.717) is 11.1 Å². The Bertz CT molecular complexity index is 1510. The summed E-state index contributed by atoms with van der Waals surface area (Å²) < 4.78 is 0. The van der Waals surface area contributed by atoms with Crippen LogP contribution < -0.4 is 10.3 Å². The Morgan fingerprint density at radius 2 is 1.36 bits per heavy atom. The average molecular weight is 421 g/mol. The second-order valence-corrected chi connectivity index (χ2v) is 9.35. The van der Waals surface area contributed by atoms with E-state index < -0.39 is 0 Å². The Kier molecular flexibility index (Phi) is 4.04. The lowest BCUT2D eigenvalue weighted by molar-refractivity contribution is 0.759. The minimum Gasteiger partial charge on any atom is -0.380 e. The van der Waals surface area contributed by atoms with Gasteiger partial charge in [-0.2, -0.15) is 10.5 Å². The van der Waals surface area contributed by atoms with E-state index in [1.807, 2.05) is 12.1 Å². The van der Waals surface area contributed by atoms with E-state index in [9.17, 15) is 10.5 Å². The molecule has 0 N–H and O–H groups in total. The summed E-state index contributed by atoms with van der Waals surface area (Å²) in [5.41, 5.74) is 10.6. The highest BCUT2D eigenvalue weighted by Gasteiger charge is 2.52. The summed E-state index contributed by atoms with van der Waals surface area (Å²) in [6.45, 7) is 4.82. The molecule has 0 unspecified atom stereocenters. The van der Waals surface area contributed by atoms with E-state index in [-0.39, 0.29) is 12.2 Å². The van der Waals surface area contributed by atoms with Crippen LogP contribution in [0.1, 0.15) is 30.5 Å². The first-order valence-corrected chi connectivity index (χ1v) is 11.1. The molecule has 2 aliphatic heterocycles. The lowest BCUT2D eigenvalue weighted by atomic mass is 9.37. The Hall–Kier alpha value is -4.28. The lowest BCUT2D eigenvalue weighted by Crippen LogP contribution is -2.55. The minimum absolute atomic E-state index is 0.139. The van der Waals surface area contributed by atoms with E-state index in [4.69, 9.17) is 0 Å². The molecule has 0 aliphatic carbocycles. The van der Waals surface area contributed by atoms with Crippen molar-refractivity contribution in [3.8, 4) is 34.4 Å². The van der Waals surface area contributed by atoms with E-state index in [2.05, 4.69) is 97.5 Å². The third kappa shape index (κ3) is 2.68. The highest BCUT2D eigenvalue weighted by molar-refractivity contribution is 6.84. The second kappa shape index (κ2) is 6.86. The summed E-state index contributed by atoms with van der Waals surface area (Å²) in [7, 11) is 0. The molecule has 0 spiro atoms. The third-order valence-electron chi connectivity index (χ3n) is 7.13. The first kappa shape index (κ1) is 19.4. The maximum atomic E-state index is 9.43. The summed E-state index contributed by atoms with van der Waals surface area (Å²) in [6, 6.07) is 33.7. The molecule has 4 aromatic carbocycles. The van der Waals surface area contributed by atoms with Crippen molar-refractivity contribution >= 4 is 23.7 Å². The number of anilines is 2. The molecule has 2 heterocycles. The molecule has 6 rings (SSSR count). The predicted molar refractivity (Wildman–Crippen MR) is 134 cm³/mol. The molecular weight excluding hydrogens is 401 g/mol. The number of nitriles is 2. The zero-order valence-corrected chi connectivity index (χ0v) is 18.5. The van der Waals surface area contributed by atoms with Gasteiger partial charge in [-0.15, -0.1) is 0 Å². The largest absolute Gasteiger partial charge is 0.380 e. The molecule has 0 saturated heterocycles. The standard InChI is InChI=1S/C29H20BN3/c1-29(2)25-16-21(22-14-19(17-31)13-20(15-22)18-32)11-12-28(25)33-27-10-6-4-8-24(27)23-7-3-5-9-26(23)30(29)33/h3-16H,1-2H3. The van der Waals surface area contributed by atoms with Crippen LogP contribution >= 0.6 is 0 Å². The number of hydrogen-bond donors (Lipinski definition) is 0. The average Bonchev–Trinajstić information content (AvgIpc) is 3.10. The molecule has 0 bridgehead atoms. The Morgan fingerprint density at radius 3 is 2.09 bits per heavy atom. The second-order valence-electron chi connectivity index (χ2n) is 9.35. The van der Waals surface area contributed by atoms with Crippen LogP contribution in [0.3, 0.4) is 0 Å². The molecule has 33 heavy (non-hydrogen) atoms. The number of hydrogen-bond acceptors (Lipinski definition) is 3. The van der Waals surface area contributed by atoms with Crippen molar-refractivity contribution in [2.45, 2.75) is 19.2 Å². The maximum Gasteiger partial charge on any atom is 0.304 e. The van der Waals surface area contributed by atoms with Gasteiger partial charge in [0.15, 0.2) is 0 Å². The molecule has 0 amide bonds. The molecule has 0 radical (unpaired) electrons. The molecule has 3 nitrogen and oxygen atoms in total. The van der Waals surface area contributed by atoms with Crippen LogP contribution in [0.15, 0.2) is 84.9 Å². The number of rotatable bonds is 1. The van der Waals surface area contributed by atoms with E-state index in [1.54, 1.807) is 6.07 Å².